The third-order valence-electron chi connectivity index (χ3n) is 3.77. The van der Waals surface area contributed by atoms with Crippen molar-refractivity contribution in [1.82, 2.24) is 19.5 Å². The number of rotatable bonds is 2. The molecule has 0 radical (unpaired) electrons. The molecular weight excluding hydrogens is 267 g/mol. The van der Waals surface area contributed by atoms with Crippen LogP contribution in [-0.4, -0.2) is 48.6 Å². The first kappa shape index (κ1) is 13.0. The van der Waals surface area contributed by atoms with Crippen LogP contribution < -0.4 is 11.5 Å². The highest BCUT2D eigenvalue weighted by Crippen LogP contribution is 2.38. The number of aliphatic hydroxyl groups excluding tert-OH is 2. The van der Waals surface area contributed by atoms with Crippen molar-refractivity contribution in [1.29, 1.82) is 0 Å². The first-order valence-electron chi connectivity index (χ1n) is 6.21. The summed E-state index contributed by atoms with van der Waals surface area (Å²) in [4.78, 5) is 11.9. The summed E-state index contributed by atoms with van der Waals surface area (Å²) in [6.45, 7) is -0.319. The Morgan fingerprint density at radius 1 is 1.40 bits per heavy atom. The number of nitrogen functional groups attached to an aromatic ring is 2. The van der Waals surface area contributed by atoms with E-state index in [2.05, 4.69) is 15.0 Å². The smallest absolute Gasteiger partial charge is 0.224 e. The maximum Gasteiger partial charge on any atom is 0.224 e. The normalized spacial score (nSPS) is 30.1. The van der Waals surface area contributed by atoms with Crippen molar-refractivity contribution in [2.75, 3.05) is 18.1 Å². The molecule has 4 unspecified atom stereocenters. The third kappa shape index (κ3) is 1.78. The fraction of sp³-hybridized carbons (Fsp3) is 0.545. The van der Waals surface area contributed by atoms with E-state index in [4.69, 9.17) is 16.6 Å². The van der Waals surface area contributed by atoms with Crippen LogP contribution in [-0.2, 0) is 0 Å². The molecule has 2 heterocycles. The van der Waals surface area contributed by atoms with Gasteiger partial charge in [-0.1, -0.05) is 0 Å². The summed E-state index contributed by atoms with van der Waals surface area (Å²) in [5.74, 6) is -0.488. The van der Waals surface area contributed by atoms with Gasteiger partial charge in [0.1, 0.15) is 17.8 Å². The zero-order chi connectivity index (χ0) is 14.4. The number of aromatic nitrogens is 4. The number of fused-ring (bicyclic) bond motifs is 1. The van der Waals surface area contributed by atoms with Crippen LogP contribution in [0.15, 0.2) is 6.33 Å². The van der Waals surface area contributed by atoms with E-state index in [9.17, 15) is 9.50 Å². The maximum atomic E-state index is 13.9. The highest BCUT2D eigenvalue weighted by molar-refractivity contribution is 5.82. The Balaban J connectivity index is 2.07. The van der Waals surface area contributed by atoms with E-state index >= 15 is 0 Å². The van der Waals surface area contributed by atoms with Gasteiger partial charge in [-0.2, -0.15) is 9.97 Å². The molecule has 0 amide bonds. The molecule has 6 N–H and O–H groups in total. The molecule has 8 nitrogen and oxygen atoms in total. The molecule has 9 heteroatoms. The molecule has 1 fully saturated rings. The van der Waals surface area contributed by atoms with Crippen molar-refractivity contribution >= 4 is 22.9 Å². The van der Waals surface area contributed by atoms with E-state index < -0.39 is 24.2 Å². The van der Waals surface area contributed by atoms with Gasteiger partial charge in [-0.25, -0.2) is 9.37 Å². The highest BCUT2D eigenvalue weighted by Gasteiger charge is 2.44. The first-order valence-corrected chi connectivity index (χ1v) is 6.21. The summed E-state index contributed by atoms with van der Waals surface area (Å²) in [6, 6.07) is -0.569. The largest absolute Gasteiger partial charge is 0.396 e. The summed E-state index contributed by atoms with van der Waals surface area (Å²) in [6.07, 6.45) is -1.01. The minimum absolute atomic E-state index is 0.0141. The lowest BCUT2D eigenvalue weighted by molar-refractivity contribution is 0.0509. The molecular formula is C11H15FN6O2. The first-order chi connectivity index (χ1) is 9.52. The number of imidazole rings is 1. The number of nitrogens with two attached hydrogens (primary N) is 2. The second-order valence-electron chi connectivity index (χ2n) is 4.97. The maximum absolute atomic E-state index is 13.9. The molecule has 0 bridgehead atoms. The zero-order valence-corrected chi connectivity index (χ0v) is 10.5. The average molecular weight is 282 g/mol. The highest BCUT2D eigenvalue weighted by atomic mass is 19.1. The molecule has 1 saturated carbocycles. The van der Waals surface area contributed by atoms with Crippen LogP contribution in [0.1, 0.15) is 12.5 Å². The Labute approximate surface area is 113 Å². The number of hydrogen-bond donors (Lipinski definition) is 4. The van der Waals surface area contributed by atoms with E-state index in [1.165, 1.54) is 10.9 Å². The van der Waals surface area contributed by atoms with Gasteiger partial charge in [0.2, 0.25) is 5.95 Å². The monoisotopic (exact) mass is 282 g/mol. The quantitative estimate of drug-likeness (QED) is 0.568. The van der Waals surface area contributed by atoms with Crippen LogP contribution >= 0.6 is 0 Å². The molecule has 2 aromatic heterocycles. The summed E-state index contributed by atoms with van der Waals surface area (Å²) in [5, 5.41) is 19.1. The number of aliphatic hydroxyl groups is 2. The van der Waals surface area contributed by atoms with Crippen LogP contribution in [0, 0.1) is 5.92 Å². The fourth-order valence-corrected chi connectivity index (χ4v) is 2.72. The SMILES string of the molecule is Nc1nc(N)c2ncn(C3CC(CO)C(F)C3O)c2n1. The van der Waals surface area contributed by atoms with Gasteiger partial charge in [-0.05, 0) is 6.42 Å². The molecule has 2 aromatic rings. The molecule has 0 aliphatic heterocycles. The number of hydrogen-bond acceptors (Lipinski definition) is 7. The van der Waals surface area contributed by atoms with Gasteiger partial charge in [-0.3, -0.25) is 0 Å². The minimum atomic E-state index is -1.49. The molecule has 0 spiro atoms. The van der Waals surface area contributed by atoms with Gasteiger partial charge in [-0.15, -0.1) is 0 Å². The van der Waals surface area contributed by atoms with E-state index in [1.54, 1.807) is 0 Å². The van der Waals surface area contributed by atoms with Crippen LogP contribution in [0.25, 0.3) is 11.2 Å². The Kier molecular flexibility index (Phi) is 2.94. The molecule has 20 heavy (non-hydrogen) atoms. The predicted octanol–water partition coefficient (Wildman–Crippen LogP) is -0.757. The summed E-state index contributed by atoms with van der Waals surface area (Å²) in [7, 11) is 0. The molecule has 0 saturated heterocycles. The Bertz CT molecular complexity index is 647. The predicted molar refractivity (Wildman–Crippen MR) is 69.3 cm³/mol. The Morgan fingerprint density at radius 3 is 2.80 bits per heavy atom. The molecule has 108 valence electrons. The van der Waals surface area contributed by atoms with Gasteiger partial charge in [0, 0.05) is 12.5 Å². The molecule has 0 aromatic carbocycles. The number of anilines is 2. The Hall–Kier alpha value is -2.00. The van der Waals surface area contributed by atoms with Crippen LogP contribution in [0.2, 0.25) is 0 Å². The molecule has 1 aliphatic carbocycles. The zero-order valence-electron chi connectivity index (χ0n) is 10.5. The van der Waals surface area contributed by atoms with Crippen molar-refractivity contribution < 1.29 is 14.6 Å². The lowest BCUT2D eigenvalue weighted by Crippen LogP contribution is -2.27. The summed E-state index contributed by atoms with van der Waals surface area (Å²) >= 11 is 0. The number of halogens is 1. The van der Waals surface area contributed by atoms with Gasteiger partial charge in [0.05, 0.1) is 12.4 Å². The standard InChI is InChI=1S/C11H15FN6O2/c12-6-4(2-19)1-5(8(6)20)18-3-15-7-9(13)16-11(14)17-10(7)18/h3-6,8,19-20H,1-2H2,(H4,13,14,16,17). The summed E-state index contributed by atoms with van der Waals surface area (Å²) in [5.41, 5.74) is 12.0. The fourth-order valence-electron chi connectivity index (χ4n) is 2.72. The van der Waals surface area contributed by atoms with Gasteiger partial charge < -0.3 is 26.2 Å². The van der Waals surface area contributed by atoms with E-state index in [1.807, 2.05) is 0 Å². The van der Waals surface area contributed by atoms with Crippen LogP contribution in [0.5, 0.6) is 0 Å². The van der Waals surface area contributed by atoms with Gasteiger partial charge in [0.25, 0.3) is 0 Å². The molecule has 3 rings (SSSR count). The molecule has 1 aliphatic rings. The van der Waals surface area contributed by atoms with Crippen LogP contribution in [0.3, 0.4) is 0 Å². The van der Waals surface area contributed by atoms with Crippen molar-refractivity contribution in [3.05, 3.63) is 6.33 Å². The number of alkyl halides is 1. The lowest BCUT2D eigenvalue weighted by atomic mass is 10.1. The van der Waals surface area contributed by atoms with E-state index in [0.29, 0.717) is 11.2 Å². The second-order valence-corrected chi connectivity index (χ2v) is 4.97. The van der Waals surface area contributed by atoms with E-state index in [-0.39, 0.29) is 24.8 Å². The lowest BCUT2D eigenvalue weighted by Gasteiger charge is -2.17. The average Bonchev–Trinajstić information content (AvgIpc) is 2.93. The van der Waals surface area contributed by atoms with Crippen molar-refractivity contribution in [3.8, 4) is 0 Å². The van der Waals surface area contributed by atoms with Gasteiger partial charge in [0.15, 0.2) is 11.5 Å². The number of nitrogens with zero attached hydrogens (tertiary/aromatic N) is 4. The van der Waals surface area contributed by atoms with Gasteiger partial charge >= 0.3 is 0 Å². The Morgan fingerprint density at radius 2 is 2.15 bits per heavy atom. The van der Waals surface area contributed by atoms with E-state index in [0.717, 1.165) is 0 Å². The van der Waals surface area contributed by atoms with Crippen LogP contribution in [0.4, 0.5) is 16.2 Å². The van der Waals surface area contributed by atoms with Crippen molar-refractivity contribution in [3.63, 3.8) is 0 Å². The van der Waals surface area contributed by atoms with Crippen molar-refractivity contribution in [2.45, 2.75) is 24.7 Å². The third-order valence-corrected chi connectivity index (χ3v) is 3.77. The second kappa shape index (κ2) is 4.53. The topological polar surface area (TPSA) is 136 Å². The minimum Gasteiger partial charge on any atom is -0.396 e. The van der Waals surface area contributed by atoms with Crippen molar-refractivity contribution in [2.24, 2.45) is 5.92 Å². The molecule has 4 atom stereocenters. The summed E-state index contributed by atoms with van der Waals surface area (Å²) < 4.78 is 15.4.